The highest BCUT2D eigenvalue weighted by atomic mass is 16.5. The van der Waals surface area contributed by atoms with E-state index >= 15 is 0 Å². The number of hydrogen-bond donors (Lipinski definition) is 0. The summed E-state index contributed by atoms with van der Waals surface area (Å²) in [6.07, 6.45) is 1.99. The van der Waals surface area contributed by atoms with Crippen LogP contribution in [0.1, 0.15) is 26.7 Å². The van der Waals surface area contributed by atoms with Crippen LogP contribution in [0.25, 0.3) is 0 Å². The summed E-state index contributed by atoms with van der Waals surface area (Å²) in [6, 6.07) is 0. The molecule has 55 valence electrons. The van der Waals surface area contributed by atoms with Crippen LogP contribution in [0, 0.1) is 0 Å². The van der Waals surface area contributed by atoms with Crippen molar-refractivity contribution >= 4 is 0 Å². The first-order chi connectivity index (χ1) is 4.31. The van der Waals surface area contributed by atoms with E-state index in [0.717, 1.165) is 6.42 Å². The molecule has 0 aliphatic heterocycles. The summed E-state index contributed by atoms with van der Waals surface area (Å²) >= 11 is 0. The highest BCUT2D eigenvalue weighted by molar-refractivity contribution is 4.43. The molecule has 1 radical (unpaired) electrons. The molecule has 2 nitrogen and oxygen atoms in total. The predicted molar refractivity (Wildman–Crippen MR) is 35.9 cm³/mol. The minimum Gasteiger partial charge on any atom is -0.378 e. The fraction of sp³-hybridized carbons (Fsp3) is 1.00. The Labute approximate surface area is 56.8 Å². The van der Waals surface area contributed by atoms with Crippen LogP contribution in [0.4, 0.5) is 0 Å². The first-order valence-electron chi connectivity index (χ1n) is 3.51. The van der Waals surface area contributed by atoms with Gasteiger partial charge in [0, 0.05) is 6.61 Å². The second-order valence-electron chi connectivity index (χ2n) is 2.15. The molecule has 0 N–H and O–H groups in total. The summed E-state index contributed by atoms with van der Waals surface area (Å²) < 4.78 is 5.23. The summed E-state index contributed by atoms with van der Waals surface area (Å²) in [5.74, 6) is 0. The van der Waals surface area contributed by atoms with Gasteiger partial charge in [-0.15, -0.1) is 0 Å². The van der Waals surface area contributed by atoms with Crippen LogP contribution in [0.15, 0.2) is 0 Å². The van der Waals surface area contributed by atoms with Crippen LogP contribution in [-0.4, -0.2) is 19.3 Å². The zero-order valence-corrected chi connectivity index (χ0v) is 6.22. The molecule has 0 saturated heterocycles. The molecule has 0 aromatic rings. The van der Waals surface area contributed by atoms with Crippen molar-refractivity contribution in [3.8, 4) is 0 Å². The largest absolute Gasteiger partial charge is 0.378 e. The average Bonchev–Trinajstić information content (AvgIpc) is 1.89. The molecule has 0 rings (SSSR count). The lowest BCUT2D eigenvalue weighted by atomic mass is 10.3. The van der Waals surface area contributed by atoms with Crippen LogP contribution >= 0.6 is 0 Å². The molecule has 0 bridgehead atoms. The standard InChI is InChI=1S/C7H15O2/c1-3-7(2)9-6-4-5-8/h7H,3-6H2,1-2H3. The Kier molecular flexibility index (Phi) is 5.99. The van der Waals surface area contributed by atoms with Gasteiger partial charge in [0.1, 0.15) is 0 Å². The lowest BCUT2D eigenvalue weighted by molar-refractivity contribution is 0.0463. The number of ether oxygens (including phenoxy) is 1. The van der Waals surface area contributed by atoms with E-state index < -0.39 is 0 Å². The van der Waals surface area contributed by atoms with Gasteiger partial charge in [-0.1, -0.05) is 6.92 Å². The molecular weight excluding hydrogens is 116 g/mol. The lowest BCUT2D eigenvalue weighted by Gasteiger charge is -2.08. The summed E-state index contributed by atoms with van der Waals surface area (Å²) in [7, 11) is 0. The monoisotopic (exact) mass is 131 g/mol. The van der Waals surface area contributed by atoms with E-state index in [-0.39, 0.29) is 6.61 Å². The van der Waals surface area contributed by atoms with E-state index in [1.165, 1.54) is 0 Å². The zero-order valence-electron chi connectivity index (χ0n) is 6.22. The summed E-state index contributed by atoms with van der Waals surface area (Å²) in [5, 5.41) is 9.92. The minimum absolute atomic E-state index is 0.0174. The Morgan fingerprint density at radius 3 is 2.67 bits per heavy atom. The second kappa shape index (κ2) is 6.05. The molecule has 0 fully saturated rings. The van der Waals surface area contributed by atoms with Gasteiger partial charge in [-0.3, -0.25) is 0 Å². The van der Waals surface area contributed by atoms with Crippen LogP contribution in [0.5, 0.6) is 0 Å². The van der Waals surface area contributed by atoms with Gasteiger partial charge in [-0.05, 0) is 19.8 Å². The zero-order chi connectivity index (χ0) is 7.11. The first-order valence-corrected chi connectivity index (χ1v) is 3.51. The topological polar surface area (TPSA) is 29.1 Å². The Bertz CT molecular complexity index is 54.9. The maximum Gasteiger partial charge on any atom is 0.0844 e. The minimum atomic E-state index is -0.0174. The third-order valence-corrected chi connectivity index (χ3v) is 1.27. The summed E-state index contributed by atoms with van der Waals surface area (Å²) in [6.45, 7) is 4.70. The van der Waals surface area contributed by atoms with E-state index in [9.17, 15) is 5.11 Å². The van der Waals surface area contributed by atoms with Gasteiger partial charge >= 0.3 is 0 Å². The molecule has 0 aliphatic rings. The van der Waals surface area contributed by atoms with Crippen molar-refractivity contribution in [3.05, 3.63) is 0 Å². The van der Waals surface area contributed by atoms with Crippen molar-refractivity contribution in [2.45, 2.75) is 32.8 Å². The van der Waals surface area contributed by atoms with Crippen molar-refractivity contribution < 1.29 is 9.84 Å². The maximum atomic E-state index is 9.92. The van der Waals surface area contributed by atoms with E-state index in [0.29, 0.717) is 19.1 Å². The van der Waals surface area contributed by atoms with Gasteiger partial charge in [-0.25, -0.2) is 5.11 Å². The van der Waals surface area contributed by atoms with Gasteiger partial charge < -0.3 is 4.74 Å². The van der Waals surface area contributed by atoms with Crippen LogP contribution < -0.4 is 0 Å². The van der Waals surface area contributed by atoms with E-state index in [2.05, 4.69) is 6.92 Å². The highest BCUT2D eigenvalue weighted by Gasteiger charge is 1.95. The van der Waals surface area contributed by atoms with Gasteiger partial charge in [-0.2, -0.15) is 0 Å². The highest BCUT2D eigenvalue weighted by Crippen LogP contribution is 1.95. The van der Waals surface area contributed by atoms with Crippen molar-refractivity contribution in [2.24, 2.45) is 0 Å². The molecule has 1 atom stereocenters. The quantitative estimate of drug-likeness (QED) is 0.521. The maximum absolute atomic E-state index is 9.92. The molecule has 0 heterocycles. The van der Waals surface area contributed by atoms with Crippen molar-refractivity contribution in [2.75, 3.05) is 13.2 Å². The normalized spacial score (nSPS) is 13.7. The number of hydrogen-bond acceptors (Lipinski definition) is 1. The summed E-state index contributed by atoms with van der Waals surface area (Å²) in [4.78, 5) is 0. The molecule has 0 aromatic heterocycles. The fourth-order valence-electron chi connectivity index (χ4n) is 0.461. The van der Waals surface area contributed by atoms with Crippen molar-refractivity contribution in [3.63, 3.8) is 0 Å². The molecule has 0 amide bonds. The molecular formula is C7H15O2. The molecule has 0 aromatic carbocycles. The Hall–Kier alpha value is -0.0800. The Morgan fingerprint density at radius 1 is 1.56 bits per heavy atom. The van der Waals surface area contributed by atoms with Gasteiger partial charge in [0.25, 0.3) is 0 Å². The average molecular weight is 131 g/mol. The predicted octanol–water partition coefficient (Wildman–Crippen LogP) is 1.62. The Balaban J connectivity index is 2.88. The molecule has 1 unspecified atom stereocenters. The van der Waals surface area contributed by atoms with Gasteiger partial charge in [0.15, 0.2) is 0 Å². The lowest BCUT2D eigenvalue weighted by Crippen LogP contribution is -2.07. The van der Waals surface area contributed by atoms with Gasteiger partial charge in [0.2, 0.25) is 0 Å². The second-order valence-corrected chi connectivity index (χ2v) is 2.15. The summed E-state index contributed by atoms with van der Waals surface area (Å²) in [5.41, 5.74) is 0. The van der Waals surface area contributed by atoms with Crippen molar-refractivity contribution in [1.82, 2.24) is 0 Å². The Morgan fingerprint density at radius 2 is 2.22 bits per heavy atom. The SMILES string of the molecule is CCC(C)OCCC[O]. The fourth-order valence-corrected chi connectivity index (χ4v) is 0.461. The molecule has 0 saturated carbocycles. The van der Waals surface area contributed by atoms with E-state index in [1.54, 1.807) is 0 Å². The number of rotatable bonds is 5. The third kappa shape index (κ3) is 5.80. The van der Waals surface area contributed by atoms with Crippen molar-refractivity contribution in [1.29, 1.82) is 0 Å². The van der Waals surface area contributed by atoms with Gasteiger partial charge in [0.05, 0.1) is 12.7 Å². The van der Waals surface area contributed by atoms with Crippen LogP contribution in [0.3, 0.4) is 0 Å². The van der Waals surface area contributed by atoms with E-state index in [4.69, 9.17) is 4.74 Å². The smallest absolute Gasteiger partial charge is 0.0844 e. The molecule has 0 spiro atoms. The molecule has 0 aliphatic carbocycles. The third-order valence-electron chi connectivity index (χ3n) is 1.27. The van der Waals surface area contributed by atoms with E-state index in [1.807, 2.05) is 6.92 Å². The molecule has 9 heavy (non-hydrogen) atoms. The van der Waals surface area contributed by atoms with Crippen LogP contribution in [-0.2, 0) is 9.84 Å². The van der Waals surface area contributed by atoms with Crippen LogP contribution in [0.2, 0.25) is 0 Å². The molecule has 2 heteroatoms. The first kappa shape index (κ1) is 8.92.